The Labute approximate surface area is 272 Å². The van der Waals surface area contributed by atoms with Crippen molar-refractivity contribution in [2.24, 2.45) is 0 Å². The summed E-state index contributed by atoms with van der Waals surface area (Å²) in [4.78, 5) is 0. The number of hydrogen-bond acceptors (Lipinski definition) is 0. The van der Waals surface area contributed by atoms with E-state index >= 15 is 0 Å². The van der Waals surface area contributed by atoms with E-state index in [4.69, 9.17) is 0 Å². The highest BCUT2D eigenvalue weighted by atomic mass is 14.5. The molecule has 0 radical (unpaired) electrons. The maximum atomic E-state index is 2.48. The summed E-state index contributed by atoms with van der Waals surface area (Å²) in [6.07, 6.45) is 0. The summed E-state index contributed by atoms with van der Waals surface area (Å²) in [5.41, 5.74) is 19.3. The fourth-order valence-electron chi connectivity index (χ4n) is 8.85. The molecule has 46 heavy (non-hydrogen) atoms. The van der Waals surface area contributed by atoms with E-state index in [1.165, 1.54) is 99.4 Å². The Morgan fingerprint density at radius 1 is 0.370 bits per heavy atom. The van der Waals surface area contributed by atoms with Crippen LogP contribution in [0.15, 0.2) is 121 Å². The molecule has 7 aromatic rings. The van der Waals surface area contributed by atoms with Crippen molar-refractivity contribution in [1.29, 1.82) is 0 Å². The summed E-state index contributed by atoms with van der Waals surface area (Å²) in [5, 5.41) is 5.14. The Balaban J connectivity index is 1.21. The van der Waals surface area contributed by atoms with Crippen LogP contribution in [0.25, 0.3) is 66.1 Å². The first kappa shape index (κ1) is 27.4. The predicted molar refractivity (Wildman–Crippen MR) is 197 cm³/mol. The maximum Gasteiger partial charge on any atom is 0.0162 e. The molecule has 2 aliphatic carbocycles. The van der Waals surface area contributed by atoms with E-state index in [1.54, 1.807) is 0 Å². The lowest BCUT2D eigenvalue weighted by atomic mass is 9.71. The van der Waals surface area contributed by atoms with E-state index in [-0.39, 0.29) is 10.8 Å². The van der Waals surface area contributed by atoms with Gasteiger partial charge in [0.25, 0.3) is 0 Å². The van der Waals surface area contributed by atoms with Gasteiger partial charge in [-0.15, -0.1) is 0 Å². The van der Waals surface area contributed by atoms with Gasteiger partial charge >= 0.3 is 0 Å². The van der Waals surface area contributed by atoms with Crippen LogP contribution in [-0.2, 0) is 10.8 Å². The molecule has 0 unspecified atom stereocenters. The van der Waals surface area contributed by atoms with Crippen LogP contribution in [0.4, 0.5) is 0 Å². The summed E-state index contributed by atoms with van der Waals surface area (Å²) >= 11 is 0. The van der Waals surface area contributed by atoms with Gasteiger partial charge in [0, 0.05) is 10.8 Å². The molecular weight excluding hydrogens is 553 g/mol. The Bertz CT molecular complexity index is 2260. The van der Waals surface area contributed by atoms with Crippen LogP contribution in [0.3, 0.4) is 0 Å². The Morgan fingerprint density at radius 3 is 1.13 bits per heavy atom. The molecule has 0 saturated carbocycles. The molecule has 0 amide bonds. The van der Waals surface area contributed by atoms with E-state index in [9.17, 15) is 0 Å². The van der Waals surface area contributed by atoms with Crippen molar-refractivity contribution in [2.45, 2.75) is 52.4 Å². The SMILES string of the molecule is Cc1c(C)c2c(c3c1-c1ccc(-c4ccc5ccccc5c4)cc1C3(C)C)C(C)(C)c1cc(-c3ccc4ccccc4c3)ccc1-2. The molecule has 7 aromatic carbocycles. The second-order valence-corrected chi connectivity index (χ2v) is 14.6. The van der Waals surface area contributed by atoms with Crippen LogP contribution < -0.4 is 0 Å². The molecule has 0 aliphatic heterocycles. The first-order chi connectivity index (χ1) is 22.1. The van der Waals surface area contributed by atoms with Crippen LogP contribution in [0, 0.1) is 13.8 Å². The third-order valence-electron chi connectivity index (χ3n) is 11.4. The van der Waals surface area contributed by atoms with Crippen molar-refractivity contribution in [3.63, 3.8) is 0 Å². The highest BCUT2D eigenvalue weighted by Crippen LogP contribution is 2.61. The summed E-state index contributed by atoms with van der Waals surface area (Å²) in [5.74, 6) is 0. The van der Waals surface area contributed by atoms with E-state index < -0.39 is 0 Å². The largest absolute Gasteiger partial charge is 0.0616 e. The monoisotopic (exact) mass is 590 g/mol. The second kappa shape index (κ2) is 9.30. The highest BCUT2D eigenvalue weighted by Gasteiger charge is 2.47. The first-order valence-electron chi connectivity index (χ1n) is 16.6. The van der Waals surface area contributed by atoms with Crippen molar-refractivity contribution in [2.75, 3.05) is 0 Å². The third-order valence-corrected chi connectivity index (χ3v) is 11.4. The normalized spacial score (nSPS) is 15.1. The minimum absolute atomic E-state index is 0.124. The zero-order valence-corrected chi connectivity index (χ0v) is 27.5. The van der Waals surface area contributed by atoms with Gasteiger partial charge in [-0.25, -0.2) is 0 Å². The Kier molecular flexibility index (Phi) is 5.54. The van der Waals surface area contributed by atoms with Crippen LogP contribution in [-0.4, -0.2) is 0 Å². The van der Waals surface area contributed by atoms with Crippen molar-refractivity contribution in [1.82, 2.24) is 0 Å². The van der Waals surface area contributed by atoms with Gasteiger partial charge in [-0.05, 0) is 138 Å². The first-order valence-corrected chi connectivity index (χ1v) is 16.6. The number of fused-ring (bicyclic) bond motifs is 9. The van der Waals surface area contributed by atoms with E-state index in [0.29, 0.717) is 0 Å². The molecular formula is C46H38. The molecule has 0 saturated heterocycles. The van der Waals surface area contributed by atoms with Gasteiger partial charge in [0.1, 0.15) is 0 Å². The second-order valence-electron chi connectivity index (χ2n) is 14.6. The molecule has 0 bridgehead atoms. The molecule has 222 valence electrons. The molecule has 0 fully saturated rings. The van der Waals surface area contributed by atoms with Gasteiger partial charge in [0.05, 0.1) is 0 Å². The van der Waals surface area contributed by atoms with Crippen LogP contribution in [0.2, 0.25) is 0 Å². The van der Waals surface area contributed by atoms with Gasteiger partial charge < -0.3 is 0 Å². The molecule has 2 aliphatic rings. The molecule has 0 aromatic heterocycles. The van der Waals surface area contributed by atoms with Gasteiger partial charge in [0.15, 0.2) is 0 Å². The molecule has 0 N–H and O–H groups in total. The van der Waals surface area contributed by atoms with Crippen molar-refractivity contribution in [3.05, 3.63) is 155 Å². The average Bonchev–Trinajstić information content (AvgIpc) is 3.45. The molecule has 9 rings (SSSR count). The van der Waals surface area contributed by atoms with Gasteiger partial charge in [-0.3, -0.25) is 0 Å². The standard InChI is InChI=1S/C46H38/c1-27-28(2)42-38-22-20-36(34-18-16-30-12-8-10-14-32(30)24-34)26-40(38)46(5,6)44(42)43-41(27)37-21-19-35(25-39(37)45(43,3)4)33-17-15-29-11-7-9-13-31(29)23-33/h7-26H,1-6H3. The average molecular weight is 591 g/mol. The molecule has 0 heteroatoms. The molecule has 0 atom stereocenters. The van der Waals surface area contributed by atoms with Gasteiger partial charge in [-0.1, -0.05) is 125 Å². The molecule has 0 spiro atoms. The summed E-state index contributed by atoms with van der Waals surface area (Å²) in [6.45, 7) is 14.5. The Hall–Kier alpha value is -4.94. The fraction of sp³-hybridized carbons (Fsp3) is 0.174. The number of rotatable bonds is 2. The maximum absolute atomic E-state index is 2.48. The summed E-state index contributed by atoms with van der Waals surface area (Å²) < 4.78 is 0. The zero-order chi connectivity index (χ0) is 31.5. The lowest BCUT2D eigenvalue weighted by Crippen LogP contribution is -2.24. The van der Waals surface area contributed by atoms with Crippen molar-refractivity contribution in [3.8, 4) is 44.5 Å². The summed E-state index contributed by atoms with van der Waals surface area (Å²) in [6, 6.07) is 45.5. The molecule has 0 heterocycles. The van der Waals surface area contributed by atoms with Crippen LogP contribution in [0.1, 0.15) is 61.1 Å². The predicted octanol–water partition coefficient (Wildman–Crippen LogP) is 12.6. The van der Waals surface area contributed by atoms with Crippen molar-refractivity contribution >= 4 is 21.5 Å². The van der Waals surface area contributed by atoms with E-state index in [2.05, 4.69) is 163 Å². The minimum atomic E-state index is -0.124. The van der Waals surface area contributed by atoms with Crippen LogP contribution >= 0.6 is 0 Å². The molecule has 0 nitrogen and oxygen atoms in total. The lowest BCUT2D eigenvalue weighted by Gasteiger charge is -2.32. The lowest BCUT2D eigenvalue weighted by molar-refractivity contribution is 0.601. The van der Waals surface area contributed by atoms with Crippen molar-refractivity contribution < 1.29 is 0 Å². The number of benzene rings is 7. The van der Waals surface area contributed by atoms with Gasteiger partial charge in [-0.2, -0.15) is 0 Å². The van der Waals surface area contributed by atoms with E-state index in [1.807, 2.05) is 0 Å². The Morgan fingerprint density at radius 2 is 0.717 bits per heavy atom. The minimum Gasteiger partial charge on any atom is -0.0616 e. The number of hydrogen-bond donors (Lipinski definition) is 0. The van der Waals surface area contributed by atoms with Crippen LogP contribution in [0.5, 0.6) is 0 Å². The highest BCUT2D eigenvalue weighted by molar-refractivity contribution is 5.97. The third kappa shape index (κ3) is 3.62. The van der Waals surface area contributed by atoms with Gasteiger partial charge in [0.2, 0.25) is 0 Å². The topological polar surface area (TPSA) is 0 Å². The van der Waals surface area contributed by atoms with E-state index in [0.717, 1.165) is 0 Å². The summed E-state index contributed by atoms with van der Waals surface area (Å²) in [7, 11) is 0. The zero-order valence-electron chi connectivity index (χ0n) is 27.5. The quantitative estimate of drug-likeness (QED) is 0.188. The smallest absolute Gasteiger partial charge is 0.0162 e. The fourth-order valence-corrected chi connectivity index (χ4v) is 8.85.